The summed E-state index contributed by atoms with van der Waals surface area (Å²) in [6.07, 6.45) is 18.2. The molecule has 0 bridgehead atoms. The lowest BCUT2D eigenvalue weighted by atomic mass is 10.1. The molecule has 0 radical (unpaired) electrons. The van der Waals surface area contributed by atoms with E-state index in [9.17, 15) is 0 Å². The van der Waals surface area contributed by atoms with Crippen molar-refractivity contribution in [3.8, 4) is 5.69 Å². The van der Waals surface area contributed by atoms with Crippen molar-refractivity contribution in [2.45, 2.75) is 19.3 Å². The lowest BCUT2D eigenvalue weighted by Crippen LogP contribution is -2.30. The first-order valence-electron chi connectivity index (χ1n) is 12.2. The monoisotopic (exact) mass is 452 g/mol. The largest absolute Gasteiger partial charge is 0.311 e. The number of rotatable bonds is 3. The standard InChI is InChI=1S/C33H28N2/c1-3-25-21-27(34-24(2)13-5-4-6-14-26-15-7-10-18-31(26)34)23-28(22-25)35-32-19-11-8-16-29(32)30-17-9-12-20-33(30)35/h3-8,10-11,13,15-23H,1-2,9,12,14H2/b6-4-,13-5-. The van der Waals surface area contributed by atoms with E-state index in [0.717, 1.165) is 47.6 Å². The quantitative estimate of drug-likeness (QED) is 0.327. The van der Waals surface area contributed by atoms with Gasteiger partial charge in [-0.15, -0.1) is 0 Å². The summed E-state index contributed by atoms with van der Waals surface area (Å²) in [4.78, 5) is 2.27. The topological polar surface area (TPSA) is 8.17 Å². The molecule has 0 unspecified atom stereocenters. The van der Waals surface area contributed by atoms with E-state index in [2.05, 4.69) is 126 Å². The van der Waals surface area contributed by atoms with Crippen LogP contribution in [0, 0.1) is 0 Å². The highest BCUT2D eigenvalue weighted by atomic mass is 15.1. The lowest BCUT2D eigenvalue weighted by molar-refractivity contribution is 1.02. The first kappa shape index (κ1) is 21.2. The Hall–Kier alpha value is -4.30. The Balaban J connectivity index is 1.63. The van der Waals surface area contributed by atoms with Crippen LogP contribution in [0.5, 0.6) is 0 Å². The van der Waals surface area contributed by atoms with Gasteiger partial charge in [0.05, 0.1) is 5.52 Å². The molecule has 0 saturated heterocycles. The van der Waals surface area contributed by atoms with E-state index in [1.165, 1.54) is 27.0 Å². The van der Waals surface area contributed by atoms with E-state index in [-0.39, 0.29) is 0 Å². The molecule has 0 N–H and O–H groups in total. The van der Waals surface area contributed by atoms with Gasteiger partial charge in [-0.2, -0.15) is 0 Å². The summed E-state index contributed by atoms with van der Waals surface area (Å²) in [6.45, 7) is 8.56. The molecule has 4 aromatic rings. The fraction of sp³-hybridized carbons (Fsp3) is 0.0909. The van der Waals surface area contributed by atoms with E-state index in [0.29, 0.717) is 0 Å². The first-order chi connectivity index (χ1) is 17.2. The SMILES string of the molecule is C=Cc1cc(N2C(=C)/C=C\C=C/Cc3ccccc32)cc(-n2c3c(c4ccccc42)=CCCC=3)c1. The van der Waals surface area contributed by atoms with Gasteiger partial charge < -0.3 is 9.47 Å². The molecular weight excluding hydrogens is 424 g/mol. The Morgan fingerprint density at radius 2 is 1.63 bits per heavy atom. The van der Waals surface area contributed by atoms with Gasteiger partial charge in [-0.1, -0.05) is 86.0 Å². The van der Waals surface area contributed by atoms with E-state index in [1.807, 2.05) is 6.08 Å². The third kappa shape index (κ3) is 3.68. The van der Waals surface area contributed by atoms with E-state index in [4.69, 9.17) is 0 Å². The fourth-order valence-corrected chi connectivity index (χ4v) is 5.30. The third-order valence-corrected chi connectivity index (χ3v) is 6.88. The Morgan fingerprint density at radius 1 is 0.829 bits per heavy atom. The van der Waals surface area contributed by atoms with Crippen LogP contribution in [0.3, 0.4) is 0 Å². The Morgan fingerprint density at radius 3 is 2.54 bits per heavy atom. The molecule has 0 saturated carbocycles. The van der Waals surface area contributed by atoms with Crippen LogP contribution in [0.1, 0.15) is 24.0 Å². The molecule has 6 rings (SSSR count). The van der Waals surface area contributed by atoms with Crippen molar-refractivity contribution in [2.24, 2.45) is 0 Å². The van der Waals surface area contributed by atoms with Gasteiger partial charge >= 0.3 is 0 Å². The maximum absolute atomic E-state index is 4.44. The highest BCUT2D eigenvalue weighted by Crippen LogP contribution is 2.36. The van der Waals surface area contributed by atoms with Crippen molar-refractivity contribution in [2.75, 3.05) is 4.90 Å². The van der Waals surface area contributed by atoms with E-state index < -0.39 is 0 Å². The third-order valence-electron chi connectivity index (χ3n) is 6.88. The number of para-hydroxylation sites is 2. The molecule has 0 atom stereocenters. The summed E-state index contributed by atoms with van der Waals surface area (Å²) in [5, 5.41) is 3.91. The average molecular weight is 453 g/mol. The number of nitrogens with zero attached hydrogens (tertiary/aromatic N) is 2. The van der Waals surface area contributed by atoms with E-state index in [1.54, 1.807) is 0 Å². The van der Waals surface area contributed by atoms with E-state index >= 15 is 0 Å². The Bertz CT molecular complexity index is 1660. The summed E-state index contributed by atoms with van der Waals surface area (Å²) in [5.41, 5.74) is 7.87. The van der Waals surface area contributed by atoms with Gasteiger partial charge in [0, 0.05) is 38.7 Å². The zero-order valence-electron chi connectivity index (χ0n) is 19.8. The number of allylic oxidation sites excluding steroid dienone is 4. The van der Waals surface area contributed by atoms with Gasteiger partial charge in [0.1, 0.15) is 0 Å². The molecule has 1 aliphatic heterocycles. The van der Waals surface area contributed by atoms with Crippen LogP contribution in [0.2, 0.25) is 0 Å². The first-order valence-corrected chi connectivity index (χ1v) is 12.2. The zero-order valence-corrected chi connectivity index (χ0v) is 19.8. The van der Waals surface area contributed by atoms with Crippen molar-refractivity contribution in [3.05, 3.63) is 132 Å². The molecule has 170 valence electrons. The van der Waals surface area contributed by atoms with Crippen LogP contribution in [-0.4, -0.2) is 4.57 Å². The van der Waals surface area contributed by atoms with Crippen molar-refractivity contribution in [1.29, 1.82) is 0 Å². The summed E-state index contributed by atoms with van der Waals surface area (Å²) in [5.74, 6) is 0. The maximum Gasteiger partial charge on any atom is 0.0540 e. The average Bonchev–Trinajstić information content (AvgIpc) is 3.26. The fourth-order valence-electron chi connectivity index (χ4n) is 5.30. The highest BCUT2D eigenvalue weighted by Gasteiger charge is 2.18. The molecular formula is C33H28N2. The second-order valence-corrected chi connectivity index (χ2v) is 9.07. The Labute approximate surface area is 206 Å². The van der Waals surface area contributed by atoms with Crippen LogP contribution >= 0.6 is 0 Å². The molecule has 2 nitrogen and oxygen atoms in total. The second-order valence-electron chi connectivity index (χ2n) is 9.07. The zero-order chi connectivity index (χ0) is 23.8. The second kappa shape index (κ2) is 8.81. The van der Waals surface area contributed by atoms with Crippen LogP contribution in [-0.2, 0) is 6.42 Å². The normalized spacial score (nSPS) is 16.7. The van der Waals surface area contributed by atoms with Crippen molar-refractivity contribution >= 4 is 40.5 Å². The summed E-state index contributed by atoms with van der Waals surface area (Å²) < 4.78 is 2.40. The summed E-state index contributed by atoms with van der Waals surface area (Å²) in [6, 6.07) is 24.0. The number of aromatic nitrogens is 1. The van der Waals surface area contributed by atoms with Crippen molar-refractivity contribution in [3.63, 3.8) is 0 Å². The van der Waals surface area contributed by atoms with Crippen LogP contribution in [0.4, 0.5) is 11.4 Å². The molecule has 3 aromatic carbocycles. The number of fused-ring (bicyclic) bond motifs is 4. The smallest absolute Gasteiger partial charge is 0.0540 e. The number of hydrogen-bond acceptors (Lipinski definition) is 1. The van der Waals surface area contributed by atoms with Crippen LogP contribution in [0.15, 0.2) is 110 Å². The van der Waals surface area contributed by atoms with Gasteiger partial charge in [-0.25, -0.2) is 0 Å². The molecule has 0 amide bonds. The minimum absolute atomic E-state index is 0.874. The molecule has 1 aromatic heterocycles. The maximum atomic E-state index is 4.44. The van der Waals surface area contributed by atoms with Gasteiger partial charge in [0.15, 0.2) is 0 Å². The number of anilines is 2. The molecule has 0 fully saturated rings. The van der Waals surface area contributed by atoms with Crippen molar-refractivity contribution in [1.82, 2.24) is 4.57 Å². The number of benzene rings is 3. The van der Waals surface area contributed by atoms with Gasteiger partial charge in [0.25, 0.3) is 0 Å². The van der Waals surface area contributed by atoms with Crippen LogP contribution < -0.4 is 15.5 Å². The number of hydrogen-bond donors (Lipinski definition) is 0. The Kier molecular flexibility index (Phi) is 5.35. The minimum atomic E-state index is 0.874. The summed E-state index contributed by atoms with van der Waals surface area (Å²) in [7, 11) is 0. The predicted octanol–water partition coefficient (Wildman–Crippen LogP) is 6.95. The highest BCUT2D eigenvalue weighted by molar-refractivity contribution is 5.85. The molecule has 1 aliphatic carbocycles. The van der Waals surface area contributed by atoms with Crippen LogP contribution in [0.25, 0.3) is 34.8 Å². The van der Waals surface area contributed by atoms with Gasteiger partial charge in [0.2, 0.25) is 0 Å². The van der Waals surface area contributed by atoms with Gasteiger partial charge in [-0.3, -0.25) is 0 Å². The molecule has 35 heavy (non-hydrogen) atoms. The van der Waals surface area contributed by atoms with Crippen molar-refractivity contribution < 1.29 is 0 Å². The minimum Gasteiger partial charge on any atom is -0.311 e. The van der Waals surface area contributed by atoms with Gasteiger partial charge in [-0.05, 0) is 66.8 Å². The summed E-state index contributed by atoms with van der Waals surface area (Å²) >= 11 is 0. The molecule has 2 aliphatic rings. The molecule has 2 heterocycles. The predicted molar refractivity (Wildman–Crippen MR) is 150 cm³/mol. The molecule has 2 heteroatoms. The lowest BCUT2D eigenvalue weighted by Gasteiger charge is -2.28. The molecule has 0 spiro atoms.